The minimum Gasteiger partial charge on any atom is -0.348 e. The van der Waals surface area contributed by atoms with Crippen LogP contribution in [-0.4, -0.2) is 22.0 Å². The molecule has 132 valence electrons. The van der Waals surface area contributed by atoms with Crippen LogP contribution in [0.25, 0.3) is 0 Å². The quantitative estimate of drug-likeness (QED) is 0.684. The molecule has 4 nitrogen and oxygen atoms in total. The highest BCUT2D eigenvalue weighted by atomic mass is 35.5. The van der Waals surface area contributed by atoms with E-state index >= 15 is 0 Å². The topological polar surface area (TPSA) is 37.3 Å². The van der Waals surface area contributed by atoms with Gasteiger partial charge in [-0.15, -0.1) is 0 Å². The van der Waals surface area contributed by atoms with Crippen molar-refractivity contribution in [2.24, 2.45) is 0 Å². The number of hydrogen-bond acceptors (Lipinski definition) is 1. The Morgan fingerprint density at radius 1 is 1.04 bits per heavy atom. The maximum Gasteiger partial charge on any atom is 0.322 e. The molecular formula is C20H17ClFN3O. The molecule has 0 saturated carbocycles. The van der Waals surface area contributed by atoms with Crippen LogP contribution in [-0.2, 0) is 6.54 Å². The van der Waals surface area contributed by atoms with Gasteiger partial charge in [-0.2, -0.15) is 0 Å². The van der Waals surface area contributed by atoms with Gasteiger partial charge >= 0.3 is 6.03 Å². The average Bonchev–Trinajstić information content (AvgIpc) is 3.12. The predicted molar refractivity (Wildman–Crippen MR) is 99.9 cm³/mol. The van der Waals surface area contributed by atoms with Crippen molar-refractivity contribution in [3.05, 3.63) is 89.0 Å². The molecule has 3 aromatic rings. The fraction of sp³-hybridized carbons (Fsp3) is 0.150. The van der Waals surface area contributed by atoms with Crippen LogP contribution in [0.5, 0.6) is 0 Å². The van der Waals surface area contributed by atoms with Gasteiger partial charge < -0.3 is 14.8 Å². The van der Waals surface area contributed by atoms with Gasteiger partial charge in [-0.3, -0.25) is 0 Å². The number of urea groups is 1. The molecule has 1 unspecified atom stereocenters. The lowest BCUT2D eigenvalue weighted by Gasteiger charge is -2.37. The Bertz CT molecular complexity index is 921. The molecule has 0 bridgehead atoms. The molecule has 2 aromatic carbocycles. The second kappa shape index (κ2) is 6.84. The number of anilines is 1. The number of halogens is 2. The van der Waals surface area contributed by atoms with Gasteiger partial charge in [-0.25, -0.2) is 9.18 Å². The smallest absolute Gasteiger partial charge is 0.322 e. The van der Waals surface area contributed by atoms with Crippen LogP contribution in [0.3, 0.4) is 0 Å². The van der Waals surface area contributed by atoms with E-state index in [0.29, 0.717) is 23.8 Å². The van der Waals surface area contributed by atoms with Gasteiger partial charge in [0.2, 0.25) is 0 Å². The van der Waals surface area contributed by atoms with Gasteiger partial charge in [0.25, 0.3) is 0 Å². The molecule has 1 aliphatic rings. The molecule has 1 N–H and O–H groups in total. The molecule has 1 atom stereocenters. The second-order valence-electron chi connectivity index (χ2n) is 6.21. The molecule has 0 fully saturated rings. The van der Waals surface area contributed by atoms with Crippen molar-refractivity contribution in [1.82, 2.24) is 9.47 Å². The van der Waals surface area contributed by atoms with Gasteiger partial charge in [0.15, 0.2) is 0 Å². The van der Waals surface area contributed by atoms with E-state index in [4.69, 9.17) is 11.6 Å². The number of rotatable bonds is 2. The normalized spacial score (nSPS) is 16.2. The Hall–Kier alpha value is -2.79. The minimum atomic E-state index is -0.294. The molecule has 4 rings (SSSR count). The second-order valence-corrected chi connectivity index (χ2v) is 6.65. The highest BCUT2D eigenvalue weighted by Gasteiger charge is 2.32. The Balaban J connectivity index is 1.66. The number of nitrogens with one attached hydrogen (secondary N) is 1. The van der Waals surface area contributed by atoms with E-state index in [0.717, 1.165) is 11.3 Å². The number of amides is 2. The number of aromatic nitrogens is 1. The van der Waals surface area contributed by atoms with Crippen LogP contribution in [0.2, 0.25) is 5.02 Å². The number of nitrogens with zero attached hydrogens (tertiary/aromatic N) is 2. The first-order chi connectivity index (χ1) is 12.6. The summed E-state index contributed by atoms with van der Waals surface area (Å²) < 4.78 is 15.5. The molecule has 0 saturated heterocycles. The molecule has 1 aromatic heterocycles. The Morgan fingerprint density at radius 2 is 1.77 bits per heavy atom. The van der Waals surface area contributed by atoms with Crippen LogP contribution in [0, 0.1) is 5.82 Å². The largest absolute Gasteiger partial charge is 0.348 e. The zero-order valence-corrected chi connectivity index (χ0v) is 14.7. The van der Waals surface area contributed by atoms with E-state index < -0.39 is 0 Å². The first-order valence-corrected chi connectivity index (χ1v) is 8.73. The third-order valence-electron chi connectivity index (χ3n) is 4.58. The highest BCUT2D eigenvalue weighted by molar-refractivity contribution is 6.30. The van der Waals surface area contributed by atoms with E-state index in [1.807, 2.05) is 18.3 Å². The lowest BCUT2D eigenvalue weighted by atomic mass is 10.0. The van der Waals surface area contributed by atoms with Crippen LogP contribution >= 0.6 is 11.6 Å². The Morgan fingerprint density at radius 3 is 2.50 bits per heavy atom. The minimum absolute atomic E-state index is 0.200. The lowest BCUT2D eigenvalue weighted by Crippen LogP contribution is -2.44. The maximum absolute atomic E-state index is 13.4. The van der Waals surface area contributed by atoms with E-state index in [1.54, 1.807) is 41.3 Å². The first kappa shape index (κ1) is 16.7. The SMILES string of the molecule is O=C(Nc1ccc(Cl)cc1)N1CCn2cccc2C1c1ccc(F)cc1. The fourth-order valence-electron chi connectivity index (χ4n) is 3.33. The zero-order chi connectivity index (χ0) is 18.1. The molecule has 0 radical (unpaired) electrons. The summed E-state index contributed by atoms with van der Waals surface area (Å²) in [5.74, 6) is -0.294. The van der Waals surface area contributed by atoms with Crippen molar-refractivity contribution in [2.75, 3.05) is 11.9 Å². The van der Waals surface area contributed by atoms with Gasteiger partial charge in [-0.05, 0) is 54.1 Å². The maximum atomic E-state index is 13.4. The molecular weight excluding hydrogens is 353 g/mol. The molecule has 26 heavy (non-hydrogen) atoms. The number of benzene rings is 2. The van der Waals surface area contributed by atoms with E-state index in [2.05, 4.69) is 9.88 Å². The third-order valence-corrected chi connectivity index (χ3v) is 4.83. The van der Waals surface area contributed by atoms with Crippen molar-refractivity contribution in [3.8, 4) is 0 Å². The fourth-order valence-corrected chi connectivity index (χ4v) is 3.45. The van der Waals surface area contributed by atoms with Crippen LogP contribution in [0.4, 0.5) is 14.9 Å². The van der Waals surface area contributed by atoms with Gasteiger partial charge in [0.1, 0.15) is 5.82 Å². The van der Waals surface area contributed by atoms with Gasteiger partial charge in [0.05, 0.1) is 6.04 Å². The monoisotopic (exact) mass is 369 g/mol. The molecule has 0 aliphatic carbocycles. The number of hydrogen-bond donors (Lipinski definition) is 1. The Kier molecular flexibility index (Phi) is 4.39. The van der Waals surface area contributed by atoms with Crippen molar-refractivity contribution >= 4 is 23.3 Å². The summed E-state index contributed by atoms with van der Waals surface area (Å²) >= 11 is 5.90. The van der Waals surface area contributed by atoms with E-state index in [9.17, 15) is 9.18 Å². The van der Waals surface area contributed by atoms with Gasteiger partial charge in [0, 0.05) is 35.7 Å². The van der Waals surface area contributed by atoms with E-state index in [-0.39, 0.29) is 17.9 Å². The third kappa shape index (κ3) is 3.18. The van der Waals surface area contributed by atoms with Crippen molar-refractivity contribution in [3.63, 3.8) is 0 Å². The van der Waals surface area contributed by atoms with Crippen LogP contribution in [0.1, 0.15) is 17.3 Å². The lowest BCUT2D eigenvalue weighted by molar-refractivity contribution is 0.182. The molecule has 0 spiro atoms. The van der Waals surface area contributed by atoms with Crippen LogP contribution < -0.4 is 5.32 Å². The van der Waals surface area contributed by atoms with E-state index in [1.165, 1.54) is 12.1 Å². The average molecular weight is 370 g/mol. The summed E-state index contributed by atoms with van der Waals surface area (Å²) in [6, 6.07) is 16.8. The standard InChI is InChI=1S/C20H17ClFN3O/c21-15-5-9-17(10-6-15)23-20(26)25-13-12-24-11-1-2-18(24)19(25)14-3-7-16(22)8-4-14/h1-11,19H,12-13H2,(H,23,26). The first-order valence-electron chi connectivity index (χ1n) is 8.35. The summed E-state index contributed by atoms with van der Waals surface area (Å²) in [4.78, 5) is 14.7. The number of carbonyl (C=O) groups is 1. The van der Waals surface area contributed by atoms with Crippen molar-refractivity contribution in [2.45, 2.75) is 12.6 Å². The highest BCUT2D eigenvalue weighted by Crippen LogP contribution is 2.33. The zero-order valence-electron chi connectivity index (χ0n) is 13.9. The number of carbonyl (C=O) groups excluding carboxylic acids is 1. The van der Waals surface area contributed by atoms with Gasteiger partial charge in [-0.1, -0.05) is 23.7 Å². The summed E-state index contributed by atoms with van der Waals surface area (Å²) in [5.41, 5.74) is 2.56. The molecule has 2 heterocycles. The summed E-state index contributed by atoms with van der Waals surface area (Å²) in [6.45, 7) is 1.28. The van der Waals surface area contributed by atoms with Crippen LogP contribution in [0.15, 0.2) is 66.9 Å². The molecule has 2 amide bonds. The Labute approximate surface area is 155 Å². The number of fused-ring (bicyclic) bond motifs is 1. The summed E-state index contributed by atoms with van der Waals surface area (Å²) in [6.07, 6.45) is 2.00. The molecule has 1 aliphatic heterocycles. The summed E-state index contributed by atoms with van der Waals surface area (Å²) in [5, 5.41) is 3.53. The molecule has 6 heteroatoms. The van der Waals surface area contributed by atoms with Crippen molar-refractivity contribution < 1.29 is 9.18 Å². The predicted octanol–water partition coefficient (Wildman–Crippen LogP) is 4.92. The summed E-state index contributed by atoms with van der Waals surface area (Å²) in [7, 11) is 0. The van der Waals surface area contributed by atoms with Crippen molar-refractivity contribution in [1.29, 1.82) is 0 Å².